The minimum Gasteiger partial charge on any atom is -0.296 e. The van der Waals surface area contributed by atoms with Gasteiger partial charge in [-0.25, -0.2) is 4.31 Å². The Morgan fingerprint density at radius 3 is 2.33 bits per heavy atom. The average Bonchev–Trinajstić information content (AvgIpc) is 3.16. The van der Waals surface area contributed by atoms with Gasteiger partial charge in [0.15, 0.2) is 0 Å². The van der Waals surface area contributed by atoms with Gasteiger partial charge in [-0.05, 0) is 71.5 Å². The fourth-order valence-electron chi connectivity index (χ4n) is 5.06. The first kappa shape index (κ1) is 19.8. The van der Waals surface area contributed by atoms with E-state index in [9.17, 15) is 9.59 Å². The second-order valence-corrected chi connectivity index (χ2v) is 10.00. The molecular weight excluding hydrogens is 392 g/mol. The third-order valence-corrected chi connectivity index (χ3v) is 7.76. The van der Waals surface area contributed by atoms with Crippen LogP contribution in [-0.2, 0) is 22.7 Å². The van der Waals surface area contributed by atoms with Crippen LogP contribution >= 0.6 is 11.9 Å². The van der Waals surface area contributed by atoms with Gasteiger partial charge in [-0.15, -0.1) is 0 Å². The molecule has 30 heavy (non-hydrogen) atoms. The summed E-state index contributed by atoms with van der Waals surface area (Å²) in [6, 6.07) is 15.6. The molecule has 1 unspecified atom stereocenters. The molecule has 2 aromatic rings. The maximum atomic E-state index is 12.2. The van der Waals surface area contributed by atoms with Crippen LogP contribution in [0, 0.1) is 0 Å². The Kier molecular flexibility index (Phi) is 5.66. The number of amides is 2. The predicted octanol–water partition coefficient (Wildman–Crippen LogP) is 5.28. The smallest absolute Gasteiger partial charge is 0.234 e. The molecule has 1 N–H and O–H groups in total. The van der Waals surface area contributed by atoms with Crippen LogP contribution in [0.15, 0.2) is 47.4 Å². The van der Waals surface area contributed by atoms with E-state index in [0.29, 0.717) is 12.8 Å². The molecule has 5 rings (SSSR count). The Bertz CT molecular complexity index is 950. The van der Waals surface area contributed by atoms with Crippen molar-refractivity contribution in [1.29, 1.82) is 0 Å². The predicted molar refractivity (Wildman–Crippen MR) is 119 cm³/mol. The maximum absolute atomic E-state index is 12.2. The number of fused-ring (bicyclic) bond motifs is 1. The summed E-state index contributed by atoms with van der Waals surface area (Å²) in [6.07, 6.45) is 7.84. The van der Waals surface area contributed by atoms with E-state index in [2.05, 4.69) is 52.1 Å². The highest BCUT2D eigenvalue weighted by molar-refractivity contribution is 7.97. The van der Waals surface area contributed by atoms with Crippen molar-refractivity contribution in [3.8, 4) is 0 Å². The molecule has 0 radical (unpaired) electrons. The summed E-state index contributed by atoms with van der Waals surface area (Å²) in [5, 5.41) is 2.47. The van der Waals surface area contributed by atoms with Crippen molar-refractivity contribution >= 4 is 23.8 Å². The highest BCUT2D eigenvalue weighted by Crippen LogP contribution is 2.37. The number of nitrogens with zero attached hydrogens (tertiary/aromatic N) is 1. The molecule has 0 bridgehead atoms. The zero-order valence-corrected chi connectivity index (χ0v) is 18.0. The van der Waals surface area contributed by atoms with Crippen molar-refractivity contribution < 1.29 is 9.59 Å². The van der Waals surface area contributed by atoms with E-state index in [1.165, 1.54) is 53.7 Å². The van der Waals surface area contributed by atoms with Crippen molar-refractivity contribution in [3.05, 3.63) is 64.7 Å². The third-order valence-electron chi connectivity index (χ3n) is 6.76. The lowest BCUT2D eigenvalue weighted by molar-refractivity contribution is -0.134. The Balaban J connectivity index is 1.23. The van der Waals surface area contributed by atoms with E-state index in [4.69, 9.17) is 0 Å². The number of carbonyl (C=O) groups is 2. The monoisotopic (exact) mass is 420 g/mol. The Morgan fingerprint density at radius 1 is 0.833 bits per heavy atom. The number of rotatable bonds is 4. The van der Waals surface area contributed by atoms with Gasteiger partial charge in [-0.1, -0.05) is 49.6 Å². The molecule has 5 heteroatoms. The molecule has 2 fully saturated rings. The summed E-state index contributed by atoms with van der Waals surface area (Å²) in [4.78, 5) is 24.9. The first-order chi connectivity index (χ1) is 14.7. The summed E-state index contributed by atoms with van der Waals surface area (Å²) in [5.41, 5.74) is 5.15. The van der Waals surface area contributed by atoms with E-state index in [0.717, 1.165) is 24.6 Å². The Labute approximate surface area is 182 Å². The number of imide groups is 1. The fraction of sp³-hybridized carbons (Fsp3) is 0.440. The lowest BCUT2D eigenvalue weighted by Gasteiger charge is -2.22. The van der Waals surface area contributed by atoms with Gasteiger partial charge in [0.1, 0.15) is 0 Å². The normalized spacial score (nSPS) is 22.7. The van der Waals surface area contributed by atoms with Crippen molar-refractivity contribution in [2.24, 2.45) is 0 Å². The van der Waals surface area contributed by atoms with Gasteiger partial charge >= 0.3 is 0 Å². The van der Waals surface area contributed by atoms with Crippen LogP contribution in [0.1, 0.15) is 79.0 Å². The van der Waals surface area contributed by atoms with Crippen LogP contribution in [-0.4, -0.2) is 16.1 Å². The zero-order chi connectivity index (χ0) is 20.5. The quantitative estimate of drug-likeness (QED) is 0.540. The lowest BCUT2D eigenvalue weighted by Crippen LogP contribution is -2.39. The SMILES string of the molecule is O=C1CCC(c2ccc3c(c2)CN(Sc2ccc(C4CCCCC4)cc2)C3)C(=O)N1. The van der Waals surface area contributed by atoms with E-state index in [1.807, 2.05) is 11.9 Å². The average molecular weight is 421 g/mol. The van der Waals surface area contributed by atoms with E-state index < -0.39 is 0 Å². The van der Waals surface area contributed by atoms with Gasteiger partial charge in [0.2, 0.25) is 11.8 Å². The van der Waals surface area contributed by atoms with Crippen LogP contribution in [0.2, 0.25) is 0 Å². The number of nitrogens with one attached hydrogen (secondary N) is 1. The van der Waals surface area contributed by atoms with Crippen LogP contribution in [0.5, 0.6) is 0 Å². The summed E-state index contributed by atoms with van der Waals surface area (Å²) < 4.78 is 2.38. The highest BCUT2D eigenvalue weighted by Gasteiger charge is 2.29. The summed E-state index contributed by atoms with van der Waals surface area (Å²) >= 11 is 1.81. The van der Waals surface area contributed by atoms with Crippen LogP contribution < -0.4 is 5.32 Å². The molecule has 2 aromatic carbocycles. The number of hydrogen-bond donors (Lipinski definition) is 1. The largest absolute Gasteiger partial charge is 0.296 e. The molecule has 1 atom stereocenters. The molecule has 2 amide bonds. The van der Waals surface area contributed by atoms with Gasteiger partial charge in [-0.2, -0.15) is 0 Å². The van der Waals surface area contributed by atoms with Gasteiger partial charge in [-0.3, -0.25) is 14.9 Å². The summed E-state index contributed by atoms with van der Waals surface area (Å²) in [5.74, 6) is 0.226. The molecule has 1 saturated carbocycles. The molecule has 4 nitrogen and oxygen atoms in total. The van der Waals surface area contributed by atoms with Crippen LogP contribution in [0.25, 0.3) is 0 Å². The minimum absolute atomic E-state index is 0.158. The molecule has 2 heterocycles. The number of piperidine rings is 1. The van der Waals surface area contributed by atoms with Crippen molar-refractivity contribution in [2.45, 2.75) is 74.8 Å². The topological polar surface area (TPSA) is 49.4 Å². The second kappa shape index (κ2) is 8.56. The Hall–Kier alpha value is -2.11. The van der Waals surface area contributed by atoms with E-state index in [1.54, 1.807) is 0 Å². The third kappa shape index (κ3) is 4.19. The second-order valence-electron chi connectivity index (χ2n) is 8.83. The van der Waals surface area contributed by atoms with Crippen molar-refractivity contribution in [3.63, 3.8) is 0 Å². The fourth-order valence-corrected chi connectivity index (χ4v) is 6.03. The molecule has 0 spiro atoms. The number of benzene rings is 2. The maximum Gasteiger partial charge on any atom is 0.234 e. The zero-order valence-electron chi connectivity index (χ0n) is 17.2. The Morgan fingerprint density at radius 2 is 1.57 bits per heavy atom. The lowest BCUT2D eigenvalue weighted by atomic mass is 9.84. The molecule has 3 aliphatic rings. The first-order valence-electron chi connectivity index (χ1n) is 11.1. The van der Waals surface area contributed by atoms with Gasteiger partial charge < -0.3 is 0 Å². The first-order valence-corrected chi connectivity index (χ1v) is 11.9. The summed E-state index contributed by atoms with van der Waals surface area (Å²) in [7, 11) is 0. The summed E-state index contributed by atoms with van der Waals surface area (Å²) in [6.45, 7) is 1.80. The van der Waals surface area contributed by atoms with Crippen molar-refractivity contribution in [2.75, 3.05) is 0 Å². The standard InChI is InChI=1S/C25H28N2O2S/c28-24-13-12-23(25(29)26-24)19-6-7-20-15-27(16-21(20)14-19)30-22-10-8-18(9-11-22)17-4-2-1-3-5-17/h6-11,14,17,23H,1-5,12-13,15-16H2,(H,26,28,29). The minimum atomic E-state index is -0.206. The number of carbonyl (C=O) groups excluding carboxylic acids is 2. The molecule has 1 saturated heterocycles. The molecular formula is C25H28N2O2S. The van der Waals surface area contributed by atoms with Gasteiger partial charge in [0.05, 0.1) is 5.92 Å². The van der Waals surface area contributed by atoms with E-state index >= 15 is 0 Å². The van der Waals surface area contributed by atoms with Gasteiger partial charge in [0.25, 0.3) is 0 Å². The molecule has 2 aliphatic heterocycles. The molecule has 1 aliphatic carbocycles. The van der Waals surface area contributed by atoms with Crippen LogP contribution in [0.4, 0.5) is 0 Å². The highest BCUT2D eigenvalue weighted by atomic mass is 32.2. The van der Waals surface area contributed by atoms with Gasteiger partial charge in [0, 0.05) is 24.4 Å². The van der Waals surface area contributed by atoms with E-state index in [-0.39, 0.29) is 17.7 Å². The molecule has 0 aromatic heterocycles. The van der Waals surface area contributed by atoms with Crippen LogP contribution in [0.3, 0.4) is 0 Å². The van der Waals surface area contributed by atoms with Crippen molar-refractivity contribution in [1.82, 2.24) is 9.62 Å². The molecule has 156 valence electrons. The number of hydrogen-bond acceptors (Lipinski definition) is 4.